The molecular formula is C21H31N5O2S. The lowest BCUT2D eigenvalue weighted by Crippen LogP contribution is -2.39. The average Bonchev–Trinajstić information content (AvgIpc) is 3.14. The van der Waals surface area contributed by atoms with Gasteiger partial charge in [-0.2, -0.15) is 0 Å². The third kappa shape index (κ3) is 8.95. The predicted molar refractivity (Wildman–Crippen MR) is 119 cm³/mol. The fourth-order valence-electron chi connectivity index (χ4n) is 2.41. The molecule has 0 fully saturated rings. The molecule has 8 heteroatoms. The van der Waals surface area contributed by atoms with E-state index >= 15 is 0 Å². The van der Waals surface area contributed by atoms with E-state index in [2.05, 4.69) is 43.4 Å². The van der Waals surface area contributed by atoms with Crippen molar-refractivity contribution in [1.29, 1.82) is 0 Å². The Balaban J connectivity index is 1.77. The van der Waals surface area contributed by atoms with Gasteiger partial charge in [-0.25, -0.2) is 14.8 Å². The summed E-state index contributed by atoms with van der Waals surface area (Å²) in [6, 6.07) is 10.1. The summed E-state index contributed by atoms with van der Waals surface area (Å²) in [6.07, 6.45) is 0.370. The number of benzene rings is 1. The fraction of sp³-hybridized carbons (Fsp3) is 0.476. The van der Waals surface area contributed by atoms with E-state index < -0.39 is 11.7 Å². The number of aliphatic imine (C=N–C) groups is 1. The van der Waals surface area contributed by atoms with Gasteiger partial charge in [0, 0.05) is 30.6 Å². The minimum absolute atomic E-state index is 0.393. The van der Waals surface area contributed by atoms with E-state index in [0.29, 0.717) is 19.6 Å². The molecule has 2 rings (SSSR count). The molecule has 1 heterocycles. The Morgan fingerprint density at radius 2 is 1.86 bits per heavy atom. The number of carbonyl (C=O) groups is 1. The standard InChI is InChI=1S/C21H31N5O2S/c1-5-22-19(23-12-9-13-24-20(27)28-21(2,3)4)25-14-18-26-17(15-29-18)16-10-7-6-8-11-16/h6-8,10-11,15H,5,9,12-14H2,1-4H3,(H,24,27)(H2,22,23,25). The van der Waals surface area contributed by atoms with Crippen molar-refractivity contribution in [1.82, 2.24) is 20.9 Å². The normalized spacial score (nSPS) is 11.8. The largest absolute Gasteiger partial charge is 0.444 e. The van der Waals surface area contributed by atoms with Crippen molar-refractivity contribution >= 4 is 23.4 Å². The number of guanidine groups is 1. The van der Waals surface area contributed by atoms with Gasteiger partial charge in [0.2, 0.25) is 0 Å². The summed E-state index contributed by atoms with van der Waals surface area (Å²) in [5.74, 6) is 0.737. The van der Waals surface area contributed by atoms with E-state index in [4.69, 9.17) is 4.74 Å². The van der Waals surface area contributed by atoms with Crippen LogP contribution in [-0.2, 0) is 11.3 Å². The van der Waals surface area contributed by atoms with Crippen LogP contribution in [0.5, 0.6) is 0 Å². The first kappa shape index (κ1) is 22.7. The molecule has 1 aromatic carbocycles. The molecule has 0 aliphatic heterocycles. The van der Waals surface area contributed by atoms with Crippen LogP contribution in [0.1, 0.15) is 39.1 Å². The van der Waals surface area contributed by atoms with Crippen LogP contribution < -0.4 is 16.0 Å². The van der Waals surface area contributed by atoms with Crippen LogP contribution in [0.25, 0.3) is 11.3 Å². The summed E-state index contributed by atoms with van der Waals surface area (Å²) in [5, 5.41) is 12.3. The van der Waals surface area contributed by atoms with Crippen molar-refractivity contribution in [3.63, 3.8) is 0 Å². The van der Waals surface area contributed by atoms with Crippen LogP contribution >= 0.6 is 11.3 Å². The maximum Gasteiger partial charge on any atom is 0.407 e. The van der Waals surface area contributed by atoms with Gasteiger partial charge in [0.1, 0.15) is 10.6 Å². The molecule has 0 radical (unpaired) electrons. The van der Waals surface area contributed by atoms with Crippen molar-refractivity contribution in [3.8, 4) is 11.3 Å². The topological polar surface area (TPSA) is 87.6 Å². The Morgan fingerprint density at radius 3 is 2.55 bits per heavy atom. The molecule has 29 heavy (non-hydrogen) atoms. The summed E-state index contributed by atoms with van der Waals surface area (Å²) in [6.45, 7) is 10.1. The first-order valence-electron chi connectivity index (χ1n) is 9.86. The number of nitrogens with one attached hydrogen (secondary N) is 3. The molecular weight excluding hydrogens is 386 g/mol. The Bertz CT molecular complexity index is 784. The van der Waals surface area contributed by atoms with Crippen LogP contribution in [0, 0.1) is 0 Å². The van der Waals surface area contributed by atoms with Gasteiger partial charge < -0.3 is 20.7 Å². The second-order valence-corrected chi connectivity index (χ2v) is 8.34. The van der Waals surface area contributed by atoms with Crippen LogP contribution in [0.15, 0.2) is 40.7 Å². The number of hydrogen-bond acceptors (Lipinski definition) is 5. The molecule has 0 atom stereocenters. The SMILES string of the molecule is CCNC(=NCc1nc(-c2ccccc2)cs1)NCCCNC(=O)OC(C)(C)C. The Morgan fingerprint density at radius 1 is 1.14 bits per heavy atom. The summed E-state index contributed by atoms with van der Waals surface area (Å²) < 4.78 is 5.21. The molecule has 0 saturated heterocycles. The van der Waals surface area contributed by atoms with Gasteiger partial charge in [0.05, 0.1) is 12.2 Å². The summed E-state index contributed by atoms with van der Waals surface area (Å²) in [4.78, 5) is 20.9. The Kier molecular flexibility index (Phi) is 8.92. The Labute approximate surface area is 177 Å². The number of carbonyl (C=O) groups excluding carboxylic acids is 1. The number of aromatic nitrogens is 1. The second kappa shape index (κ2) is 11.4. The number of amides is 1. The zero-order valence-electron chi connectivity index (χ0n) is 17.6. The third-order valence-corrected chi connectivity index (χ3v) is 4.49. The molecule has 3 N–H and O–H groups in total. The van der Waals surface area contributed by atoms with Crippen LogP contribution in [0.2, 0.25) is 0 Å². The lowest BCUT2D eigenvalue weighted by molar-refractivity contribution is 0.0527. The van der Waals surface area contributed by atoms with E-state index in [1.54, 1.807) is 11.3 Å². The summed E-state index contributed by atoms with van der Waals surface area (Å²) in [7, 11) is 0. The van der Waals surface area contributed by atoms with Crippen molar-refractivity contribution in [2.45, 2.75) is 46.3 Å². The van der Waals surface area contributed by atoms with E-state index in [1.807, 2.05) is 45.9 Å². The van der Waals surface area contributed by atoms with E-state index in [9.17, 15) is 4.79 Å². The molecule has 0 unspecified atom stereocenters. The number of rotatable bonds is 8. The van der Waals surface area contributed by atoms with Crippen molar-refractivity contribution < 1.29 is 9.53 Å². The van der Waals surface area contributed by atoms with Crippen molar-refractivity contribution in [2.24, 2.45) is 4.99 Å². The van der Waals surface area contributed by atoms with Crippen LogP contribution in [-0.4, -0.2) is 42.3 Å². The summed E-state index contributed by atoms with van der Waals surface area (Å²) in [5.41, 5.74) is 1.61. The molecule has 0 aliphatic carbocycles. The maximum atomic E-state index is 11.6. The van der Waals surface area contributed by atoms with Gasteiger partial charge in [0.25, 0.3) is 0 Å². The van der Waals surface area contributed by atoms with Crippen LogP contribution in [0.3, 0.4) is 0 Å². The Hall–Kier alpha value is -2.61. The average molecular weight is 418 g/mol. The molecule has 158 valence electrons. The van der Waals surface area contributed by atoms with Gasteiger partial charge in [-0.3, -0.25) is 0 Å². The maximum absolute atomic E-state index is 11.6. The zero-order chi connectivity index (χ0) is 21.1. The fourth-order valence-corrected chi connectivity index (χ4v) is 3.14. The van der Waals surface area contributed by atoms with Gasteiger partial charge in [-0.15, -0.1) is 11.3 Å². The smallest absolute Gasteiger partial charge is 0.407 e. The monoisotopic (exact) mass is 417 g/mol. The number of alkyl carbamates (subject to hydrolysis) is 1. The zero-order valence-corrected chi connectivity index (χ0v) is 18.4. The lowest BCUT2D eigenvalue weighted by Gasteiger charge is -2.19. The van der Waals surface area contributed by atoms with Gasteiger partial charge in [-0.1, -0.05) is 30.3 Å². The molecule has 0 spiro atoms. The number of thiazole rings is 1. The van der Waals surface area contributed by atoms with E-state index in [1.165, 1.54) is 0 Å². The first-order valence-corrected chi connectivity index (χ1v) is 10.7. The highest BCUT2D eigenvalue weighted by atomic mass is 32.1. The number of nitrogens with zero attached hydrogens (tertiary/aromatic N) is 2. The minimum Gasteiger partial charge on any atom is -0.444 e. The van der Waals surface area contributed by atoms with Crippen molar-refractivity contribution in [3.05, 3.63) is 40.7 Å². The number of hydrogen-bond donors (Lipinski definition) is 3. The van der Waals surface area contributed by atoms with Gasteiger partial charge in [-0.05, 0) is 34.1 Å². The predicted octanol–water partition coefficient (Wildman–Crippen LogP) is 3.78. The summed E-state index contributed by atoms with van der Waals surface area (Å²) >= 11 is 1.61. The second-order valence-electron chi connectivity index (χ2n) is 7.40. The highest BCUT2D eigenvalue weighted by molar-refractivity contribution is 7.09. The highest BCUT2D eigenvalue weighted by Crippen LogP contribution is 2.21. The highest BCUT2D eigenvalue weighted by Gasteiger charge is 2.15. The molecule has 7 nitrogen and oxygen atoms in total. The van der Waals surface area contributed by atoms with Gasteiger partial charge in [0.15, 0.2) is 5.96 Å². The van der Waals surface area contributed by atoms with Crippen LogP contribution in [0.4, 0.5) is 4.79 Å². The molecule has 0 saturated carbocycles. The van der Waals surface area contributed by atoms with E-state index in [-0.39, 0.29) is 0 Å². The first-order chi connectivity index (χ1) is 13.9. The molecule has 0 aliphatic rings. The van der Waals surface area contributed by atoms with Crippen molar-refractivity contribution in [2.75, 3.05) is 19.6 Å². The molecule has 1 amide bonds. The van der Waals surface area contributed by atoms with E-state index in [0.717, 1.165) is 35.2 Å². The third-order valence-electron chi connectivity index (χ3n) is 3.65. The molecule has 1 aromatic heterocycles. The van der Waals surface area contributed by atoms with Gasteiger partial charge >= 0.3 is 6.09 Å². The number of ether oxygens (including phenoxy) is 1. The molecule has 2 aromatic rings. The minimum atomic E-state index is -0.483. The molecule has 0 bridgehead atoms. The lowest BCUT2D eigenvalue weighted by atomic mass is 10.2. The quantitative estimate of drug-likeness (QED) is 0.346.